The average Bonchev–Trinajstić information content (AvgIpc) is 2.27. The molecule has 0 fully saturated rings. The van der Waals surface area contributed by atoms with Gasteiger partial charge in [-0.1, -0.05) is 36.8 Å². The number of ether oxygens (including phenoxy) is 1. The highest BCUT2D eigenvalue weighted by Gasteiger charge is 2.10. The molecule has 0 aromatic heterocycles. The molecule has 1 atom stereocenters. The lowest BCUT2D eigenvalue weighted by molar-refractivity contribution is -0.142. The van der Waals surface area contributed by atoms with Crippen LogP contribution in [0, 0.1) is 6.92 Å². The zero-order chi connectivity index (χ0) is 12.7. The summed E-state index contributed by atoms with van der Waals surface area (Å²) >= 11 is 1.79. The molecular formula is C14H20O2S. The fraction of sp³-hybridized carbons (Fsp3) is 0.500. The smallest absolute Gasteiger partial charge is 0.306 e. The summed E-state index contributed by atoms with van der Waals surface area (Å²) in [4.78, 5) is 11.3. The molecule has 0 radical (unpaired) electrons. The summed E-state index contributed by atoms with van der Waals surface area (Å²) in [5.74, 6) is 0.846. The molecule has 2 nitrogen and oxygen atoms in total. The zero-order valence-corrected chi connectivity index (χ0v) is 11.5. The SMILES string of the molecule is CCOC(=O)CC(C)SCc1cccc(C)c1. The quantitative estimate of drug-likeness (QED) is 0.724. The molecule has 1 rings (SSSR count). The fourth-order valence-corrected chi connectivity index (χ4v) is 2.46. The normalized spacial score (nSPS) is 12.2. The maximum absolute atomic E-state index is 11.3. The van der Waals surface area contributed by atoms with Gasteiger partial charge >= 0.3 is 5.97 Å². The van der Waals surface area contributed by atoms with Gasteiger partial charge in [-0.25, -0.2) is 0 Å². The summed E-state index contributed by atoms with van der Waals surface area (Å²) in [6.45, 7) is 6.46. The van der Waals surface area contributed by atoms with Crippen LogP contribution >= 0.6 is 11.8 Å². The molecule has 0 aliphatic heterocycles. The lowest BCUT2D eigenvalue weighted by atomic mass is 10.2. The monoisotopic (exact) mass is 252 g/mol. The summed E-state index contributed by atoms with van der Waals surface area (Å²) in [6, 6.07) is 8.47. The highest BCUT2D eigenvalue weighted by Crippen LogP contribution is 2.20. The van der Waals surface area contributed by atoms with Crippen molar-refractivity contribution in [2.75, 3.05) is 6.61 Å². The molecule has 0 amide bonds. The van der Waals surface area contributed by atoms with Gasteiger partial charge in [0.2, 0.25) is 0 Å². The van der Waals surface area contributed by atoms with Gasteiger partial charge in [-0.05, 0) is 19.4 Å². The number of benzene rings is 1. The van der Waals surface area contributed by atoms with Gasteiger partial charge in [-0.3, -0.25) is 4.79 Å². The van der Waals surface area contributed by atoms with Crippen molar-refractivity contribution in [1.82, 2.24) is 0 Å². The van der Waals surface area contributed by atoms with Crippen molar-refractivity contribution in [2.24, 2.45) is 0 Å². The summed E-state index contributed by atoms with van der Waals surface area (Å²) in [6.07, 6.45) is 0.490. The Morgan fingerprint density at radius 2 is 2.24 bits per heavy atom. The number of aryl methyl sites for hydroxylation is 1. The average molecular weight is 252 g/mol. The first-order chi connectivity index (χ1) is 8.11. The number of carbonyl (C=O) groups excluding carboxylic acids is 1. The van der Waals surface area contributed by atoms with E-state index in [-0.39, 0.29) is 5.97 Å². The van der Waals surface area contributed by atoms with E-state index < -0.39 is 0 Å². The molecule has 1 aromatic rings. The van der Waals surface area contributed by atoms with Crippen LogP contribution in [0.25, 0.3) is 0 Å². The third-order valence-electron chi connectivity index (χ3n) is 2.38. The highest BCUT2D eigenvalue weighted by atomic mass is 32.2. The van der Waals surface area contributed by atoms with E-state index in [1.807, 2.05) is 6.92 Å². The molecule has 0 N–H and O–H groups in total. The Hall–Kier alpha value is -0.960. The molecule has 1 unspecified atom stereocenters. The van der Waals surface area contributed by atoms with Crippen LogP contribution in [-0.2, 0) is 15.3 Å². The minimum atomic E-state index is -0.100. The Bertz CT molecular complexity index is 363. The number of thioether (sulfide) groups is 1. The van der Waals surface area contributed by atoms with Crippen LogP contribution in [-0.4, -0.2) is 17.8 Å². The first-order valence-electron chi connectivity index (χ1n) is 5.94. The van der Waals surface area contributed by atoms with Gasteiger partial charge in [0.25, 0.3) is 0 Å². The van der Waals surface area contributed by atoms with Crippen molar-refractivity contribution in [3.63, 3.8) is 0 Å². The Morgan fingerprint density at radius 3 is 2.88 bits per heavy atom. The second-order valence-electron chi connectivity index (χ2n) is 4.12. The lowest BCUT2D eigenvalue weighted by Gasteiger charge is -2.10. The van der Waals surface area contributed by atoms with Crippen molar-refractivity contribution in [1.29, 1.82) is 0 Å². The van der Waals surface area contributed by atoms with Crippen LogP contribution in [0.15, 0.2) is 24.3 Å². The van der Waals surface area contributed by atoms with E-state index in [9.17, 15) is 4.79 Å². The molecular weight excluding hydrogens is 232 g/mol. The Kier molecular flexibility index (Phi) is 6.12. The van der Waals surface area contributed by atoms with Gasteiger partial charge in [-0.15, -0.1) is 0 Å². The first kappa shape index (κ1) is 14.1. The fourth-order valence-electron chi connectivity index (χ4n) is 1.55. The van der Waals surface area contributed by atoms with Gasteiger partial charge in [0, 0.05) is 11.0 Å². The minimum Gasteiger partial charge on any atom is -0.466 e. The van der Waals surface area contributed by atoms with E-state index in [0.29, 0.717) is 18.3 Å². The van der Waals surface area contributed by atoms with Gasteiger partial charge in [0.05, 0.1) is 13.0 Å². The van der Waals surface area contributed by atoms with Crippen LogP contribution in [0.4, 0.5) is 0 Å². The predicted molar refractivity (Wildman–Crippen MR) is 73.2 cm³/mol. The molecule has 1 aromatic carbocycles. The predicted octanol–water partition coefficient (Wildman–Crippen LogP) is 3.57. The highest BCUT2D eigenvalue weighted by molar-refractivity contribution is 7.99. The van der Waals surface area contributed by atoms with E-state index in [2.05, 4.69) is 38.1 Å². The lowest BCUT2D eigenvalue weighted by Crippen LogP contribution is -2.10. The number of carbonyl (C=O) groups is 1. The van der Waals surface area contributed by atoms with E-state index in [1.54, 1.807) is 11.8 Å². The molecule has 0 heterocycles. The van der Waals surface area contributed by atoms with Crippen LogP contribution in [0.5, 0.6) is 0 Å². The molecule has 0 bridgehead atoms. The van der Waals surface area contributed by atoms with Crippen molar-refractivity contribution >= 4 is 17.7 Å². The van der Waals surface area contributed by atoms with Crippen LogP contribution in [0.3, 0.4) is 0 Å². The van der Waals surface area contributed by atoms with Gasteiger partial charge in [-0.2, -0.15) is 11.8 Å². The van der Waals surface area contributed by atoms with Crippen molar-refractivity contribution < 1.29 is 9.53 Å². The minimum absolute atomic E-state index is 0.100. The van der Waals surface area contributed by atoms with Gasteiger partial charge in [0.1, 0.15) is 0 Å². The maximum atomic E-state index is 11.3. The van der Waals surface area contributed by atoms with Crippen LogP contribution < -0.4 is 0 Å². The summed E-state index contributed by atoms with van der Waals surface area (Å²) < 4.78 is 4.93. The zero-order valence-electron chi connectivity index (χ0n) is 10.7. The molecule has 94 valence electrons. The Balaban J connectivity index is 2.33. The standard InChI is InChI=1S/C14H20O2S/c1-4-16-14(15)9-12(3)17-10-13-7-5-6-11(2)8-13/h5-8,12H,4,9-10H2,1-3H3. The van der Waals surface area contributed by atoms with Crippen molar-refractivity contribution in [2.45, 2.75) is 38.2 Å². The first-order valence-corrected chi connectivity index (χ1v) is 6.99. The molecule has 0 saturated heterocycles. The second-order valence-corrected chi connectivity index (χ2v) is 5.55. The van der Waals surface area contributed by atoms with Crippen LogP contribution in [0.1, 0.15) is 31.4 Å². The number of rotatable bonds is 6. The summed E-state index contributed by atoms with van der Waals surface area (Å²) in [5.41, 5.74) is 2.59. The second kappa shape index (κ2) is 7.38. The maximum Gasteiger partial charge on any atom is 0.306 e. The topological polar surface area (TPSA) is 26.3 Å². The molecule has 0 aliphatic rings. The van der Waals surface area contributed by atoms with Crippen molar-refractivity contribution in [3.05, 3.63) is 35.4 Å². The van der Waals surface area contributed by atoms with E-state index in [4.69, 9.17) is 4.74 Å². The van der Waals surface area contributed by atoms with E-state index >= 15 is 0 Å². The summed E-state index contributed by atoms with van der Waals surface area (Å²) in [5, 5.41) is 0.301. The molecule has 3 heteroatoms. The Labute approximate surface area is 108 Å². The van der Waals surface area contributed by atoms with Crippen LogP contribution in [0.2, 0.25) is 0 Å². The molecule has 17 heavy (non-hydrogen) atoms. The number of esters is 1. The number of hydrogen-bond donors (Lipinski definition) is 0. The molecule has 0 saturated carbocycles. The third kappa shape index (κ3) is 5.78. The van der Waals surface area contributed by atoms with Gasteiger partial charge in [0.15, 0.2) is 0 Å². The largest absolute Gasteiger partial charge is 0.466 e. The van der Waals surface area contributed by atoms with Gasteiger partial charge < -0.3 is 4.74 Å². The van der Waals surface area contributed by atoms with E-state index in [0.717, 1.165) is 5.75 Å². The number of hydrogen-bond acceptors (Lipinski definition) is 3. The third-order valence-corrected chi connectivity index (χ3v) is 3.61. The summed E-state index contributed by atoms with van der Waals surface area (Å²) in [7, 11) is 0. The molecule has 0 aliphatic carbocycles. The molecule has 0 spiro atoms. The van der Waals surface area contributed by atoms with E-state index in [1.165, 1.54) is 11.1 Å². The Morgan fingerprint density at radius 1 is 1.47 bits per heavy atom. The van der Waals surface area contributed by atoms with Crippen molar-refractivity contribution in [3.8, 4) is 0 Å².